The van der Waals surface area contributed by atoms with Gasteiger partial charge in [0.1, 0.15) is 12.3 Å². The van der Waals surface area contributed by atoms with Crippen LogP contribution < -0.4 is 10.6 Å². The molecule has 1 aromatic carbocycles. The number of nitrogens with one attached hydrogen (secondary N) is 2. The van der Waals surface area contributed by atoms with Crippen LogP contribution in [-0.2, 0) is 13.1 Å². The molecule has 130 valence electrons. The first-order valence-electron chi connectivity index (χ1n) is 8.47. The minimum Gasteiger partial charge on any atom is -0.467 e. The Kier molecular flexibility index (Phi) is 7.36. The molecule has 1 atom stereocenters. The second kappa shape index (κ2) is 9.78. The summed E-state index contributed by atoms with van der Waals surface area (Å²) in [6, 6.07) is 14.7. The molecule has 2 rings (SSSR count). The van der Waals surface area contributed by atoms with Crippen LogP contribution in [0.25, 0.3) is 0 Å². The summed E-state index contributed by atoms with van der Waals surface area (Å²) in [5.74, 6) is 1.68. The molecular weight excluding hydrogens is 300 g/mol. The SMILES string of the molecule is CCNC(=NCc1ccco1)NCC(C)N(C)Cc1ccccc1. The Morgan fingerprint density at radius 3 is 2.62 bits per heavy atom. The largest absolute Gasteiger partial charge is 0.467 e. The molecule has 24 heavy (non-hydrogen) atoms. The van der Waals surface area contributed by atoms with Crippen LogP contribution in [0.3, 0.4) is 0 Å². The maximum Gasteiger partial charge on any atom is 0.191 e. The van der Waals surface area contributed by atoms with Crippen LogP contribution in [0.1, 0.15) is 25.2 Å². The van der Waals surface area contributed by atoms with Gasteiger partial charge in [0.2, 0.25) is 0 Å². The summed E-state index contributed by atoms with van der Waals surface area (Å²) in [5.41, 5.74) is 1.32. The summed E-state index contributed by atoms with van der Waals surface area (Å²) >= 11 is 0. The van der Waals surface area contributed by atoms with E-state index < -0.39 is 0 Å². The van der Waals surface area contributed by atoms with E-state index in [2.05, 4.69) is 65.7 Å². The number of nitrogens with zero attached hydrogens (tertiary/aromatic N) is 2. The Morgan fingerprint density at radius 2 is 1.96 bits per heavy atom. The lowest BCUT2D eigenvalue weighted by Crippen LogP contribution is -2.44. The molecule has 0 spiro atoms. The van der Waals surface area contributed by atoms with Gasteiger partial charge in [-0.05, 0) is 38.6 Å². The first-order valence-corrected chi connectivity index (χ1v) is 8.47. The summed E-state index contributed by atoms with van der Waals surface area (Å²) in [7, 11) is 2.15. The topological polar surface area (TPSA) is 52.8 Å². The molecular formula is C19H28N4O. The number of hydrogen-bond donors (Lipinski definition) is 2. The monoisotopic (exact) mass is 328 g/mol. The zero-order chi connectivity index (χ0) is 17.2. The third-order valence-corrected chi connectivity index (χ3v) is 3.91. The van der Waals surface area contributed by atoms with Gasteiger partial charge in [0, 0.05) is 25.7 Å². The molecule has 0 amide bonds. The zero-order valence-electron chi connectivity index (χ0n) is 14.8. The first-order chi connectivity index (χ1) is 11.7. The Balaban J connectivity index is 1.82. The second-order valence-electron chi connectivity index (χ2n) is 5.91. The predicted octanol–water partition coefficient (Wildman–Crippen LogP) is 2.86. The number of likely N-dealkylation sites (N-methyl/N-ethyl adjacent to an activating group) is 1. The number of guanidine groups is 1. The van der Waals surface area contributed by atoms with E-state index in [1.165, 1.54) is 5.56 Å². The maximum absolute atomic E-state index is 5.32. The van der Waals surface area contributed by atoms with E-state index in [0.717, 1.165) is 31.4 Å². The zero-order valence-corrected chi connectivity index (χ0v) is 14.8. The molecule has 0 radical (unpaired) electrons. The van der Waals surface area contributed by atoms with Crippen LogP contribution in [0.5, 0.6) is 0 Å². The fourth-order valence-electron chi connectivity index (χ4n) is 2.33. The number of benzene rings is 1. The molecule has 1 aromatic heterocycles. The van der Waals surface area contributed by atoms with Gasteiger partial charge in [-0.25, -0.2) is 4.99 Å². The van der Waals surface area contributed by atoms with Gasteiger partial charge in [-0.1, -0.05) is 30.3 Å². The van der Waals surface area contributed by atoms with Gasteiger partial charge in [-0.2, -0.15) is 0 Å². The van der Waals surface area contributed by atoms with Crippen LogP contribution >= 0.6 is 0 Å². The van der Waals surface area contributed by atoms with Crippen LogP contribution in [0, 0.1) is 0 Å². The smallest absolute Gasteiger partial charge is 0.191 e. The summed E-state index contributed by atoms with van der Waals surface area (Å²) < 4.78 is 5.32. The van der Waals surface area contributed by atoms with Gasteiger partial charge < -0.3 is 15.1 Å². The van der Waals surface area contributed by atoms with Gasteiger partial charge in [0.15, 0.2) is 5.96 Å². The Labute approximate surface area is 144 Å². The highest BCUT2D eigenvalue weighted by molar-refractivity contribution is 5.79. The molecule has 5 nitrogen and oxygen atoms in total. The lowest BCUT2D eigenvalue weighted by Gasteiger charge is -2.25. The molecule has 0 aliphatic heterocycles. The van der Waals surface area contributed by atoms with Crippen molar-refractivity contribution < 1.29 is 4.42 Å². The minimum absolute atomic E-state index is 0.387. The standard InChI is InChI=1S/C19H28N4O/c1-4-20-19(22-14-18-11-8-12-24-18)21-13-16(2)23(3)15-17-9-6-5-7-10-17/h5-12,16H,4,13-15H2,1-3H3,(H2,20,21,22). The van der Waals surface area contributed by atoms with Gasteiger partial charge in [-0.15, -0.1) is 0 Å². The highest BCUT2D eigenvalue weighted by atomic mass is 16.3. The van der Waals surface area contributed by atoms with Gasteiger partial charge in [0.05, 0.1) is 6.26 Å². The van der Waals surface area contributed by atoms with E-state index in [0.29, 0.717) is 12.6 Å². The highest BCUT2D eigenvalue weighted by Crippen LogP contribution is 2.05. The third kappa shape index (κ3) is 6.08. The molecule has 0 bridgehead atoms. The summed E-state index contributed by atoms with van der Waals surface area (Å²) in [6.07, 6.45) is 1.67. The maximum atomic E-state index is 5.32. The van der Waals surface area contributed by atoms with Crippen LogP contribution in [0.15, 0.2) is 58.1 Å². The van der Waals surface area contributed by atoms with Crippen molar-refractivity contribution in [3.8, 4) is 0 Å². The van der Waals surface area contributed by atoms with Crippen molar-refractivity contribution in [2.75, 3.05) is 20.1 Å². The summed E-state index contributed by atoms with van der Waals surface area (Å²) in [5, 5.41) is 6.67. The van der Waals surface area contributed by atoms with Crippen molar-refractivity contribution in [3.05, 3.63) is 60.1 Å². The van der Waals surface area contributed by atoms with E-state index >= 15 is 0 Å². The van der Waals surface area contributed by atoms with E-state index in [9.17, 15) is 0 Å². The molecule has 0 aliphatic rings. The van der Waals surface area contributed by atoms with Crippen LogP contribution in [0.4, 0.5) is 0 Å². The van der Waals surface area contributed by atoms with Gasteiger partial charge in [-0.3, -0.25) is 4.90 Å². The molecule has 0 aliphatic carbocycles. The Bertz CT molecular complexity index is 595. The predicted molar refractivity (Wildman–Crippen MR) is 98.9 cm³/mol. The first kappa shape index (κ1) is 18.1. The van der Waals surface area contributed by atoms with Crippen molar-refractivity contribution in [1.29, 1.82) is 0 Å². The van der Waals surface area contributed by atoms with E-state index in [-0.39, 0.29) is 0 Å². The van der Waals surface area contributed by atoms with E-state index in [1.807, 2.05) is 18.2 Å². The van der Waals surface area contributed by atoms with E-state index in [4.69, 9.17) is 4.42 Å². The Hall–Kier alpha value is -2.27. The fourth-order valence-corrected chi connectivity index (χ4v) is 2.33. The quantitative estimate of drug-likeness (QED) is 0.578. The van der Waals surface area contributed by atoms with Crippen molar-refractivity contribution in [1.82, 2.24) is 15.5 Å². The molecule has 0 saturated carbocycles. The second-order valence-corrected chi connectivity index (χ2v) is 5.91. The third-order valence-electron chi connectivity index (χ3n) is 3.91. The lowest BCUT2D eigenvalue weighted by atomic mass is 10.2. The fraction of sp³-hybridized carbons (Fsp3) is 0.421. The summed E-state index contributed by atoms with van der Waals surface area (Å²) in [4.78, 5) is 6.89. The highest BCUT2D eigenvalue weighted by Gasteiger charge is 2.10. The molecule has 1 heterocycles. The van der Waals surface area contributed by atoms with Crippen molar-refractivity contribution >= 4 is 5.96 Å². The van der Waals surface area contributed by atoms with Gasteiger partial charge in [0.25, 0.3) is 0 Å². The van der Waals surface area contributed by atoms with Crippen molar-refractivity contribution in [2.24, 2.45) is 4.99 Å². The number of aliphatic imine (C=N–C) groups is 1. The average molecular weight is 328 g/mol. The van der Waals surface area contributed by atoms with E-state index in [1.54, 1.807) is 6.26 Å². The molecule has 0 saturated heterocycles. The van der Waals surface area contributed by atoms with Crippen molar-refractivity contribution in [3.63, 3.8) is 0 Å². The molecule has 0 fully saturated rings. The number of hydrogen-bond acceptors (Lipinski definition) is 3. The summed E-state index contributed by atoms with van der Waals surface area (Å²) in [6.45, 7) is 7.41. The Morgan fingerprint density at radius 1 is 1.17 bits per heavy atom. The lowest BCUT2D eigenvalue weighted by molar-refractivity contribution is 0.249. The van der Waals surface area contributed by atoms with Crippen LogP contribution in [0.2, 0.25) is 0 Å². The number of rotatable bonds is 8. The number of furan rings is 1. The van der Waals surface area contributed by atoms with Crippen molar-refractivity contribution in [2.45, 2.75) is 33.0 Å². The van der Waals surface area contributed by atoms with Gasteiger partial charge >= 0.3 is 0 Å². The molecule has 2 aromatic rings. The normalized spacial score (nSPS) is 13.1. The minimum atomic E-state index is 0.387. The van der Waals surface area contributed by atoms with Crippen LogP contribution in [-0.4, -0.2) is 37.0 Å². The molecule has 5 heteroatoms. The average Bonchev–Trinajstić information content (AvgIpc) is 3.11. The molecule has 2 N–H and O–H groups in total. The molecule has 1 unspecified atom stereocenters.